The minimum atomic E-state index is -0.654. The fourth-order valence-corrected chi connectivity index (χ4v) is 2.77. The molecule has 138 valence electrons. The Labute approximate surface area is 161 Å². The molecular formula is C20H17ClN2O4. The Balaban J connectivity index is 1.85. The van der Waals surface area contributed by atoms with Crippen molar-refractivity contribution in [2.75, 3.05) is 16.8 Å². The van der Waals surface area contributed by atoms with Gasteiger partial charge in [-0.1, -0.05) is 42.8 Å². The van der Waals surface area contributed by atoms with Crippen LogP contribution >= 0.6 is 11.6 Å². The molecule has 2 amide bonds. The first-order valence-electron chi connectivity index (χ1n) is 8.40. The molecule has 0 saturated carbocycles. The van der Waals surface area contributed by atoms with Crippen LogP contribution in [0.2, 0.25) is 0 Å². The van der Waals surface area contributed by atoms with Crippen LogP contribution in [0.15, 0.2) is 65.3 Å². The van der Waals surface area contributed by atoms with Crippen LogP contribution in [0.5, 0.6) is 0 Å². The van der Waals surface area contributed by atoms with Crippen LogP contribution in [0.25, 0.3) is 0 Å². The van der Waals surface area contributed by atoms with Crippen molar-refractivity contribution in [3.63, 3.8) is 0 Å². The van der Waals surface area contributed by atoms with Crippen molar-refractivity contribution in [2.45, 2.75) is 13.3 Å². The Morgan fingerprint density at radius 2 is 1.81 bits per heavy atom. The summed E-state index contributed by atoms with van der Waals surface area (Å²) in [5.74, 6) is -1.76. The predicted molar refractivity (Wildman–Crippen MR) is 102 cm³/mol. The van der Waals surface area contributed by atoms with E-state index in [1.807, 2.05) is 13.0 Å². The third kappa shape index (κ3) is 3.85. The number of halogens is 1. The number of benzene rings is 2. The average molecular weight is 385 g/mol. The van der Waals surface area contributed by atoms with E-state index in [9.17, 15) is 14.4 Å². The normalized spacial score (nSPS) is 13.9. The lowest BCUT2D eigenvalue weighted by molar-refractivity contribution is -0.120. The summed E-state index contributed by atoms with van der Waals surface area (Å²) in [7, 11) is 0. The maximum absolute atomic E-state index is 12.8. The first kappa shape index (κ1) is 18.7. The first-order chi connectivity index (χ1) is 13.0. The molecule has 0 unspecified atom stereocenters. The largest absolute Gasteiger partial charge is 0.462 e. The standard InChI is InChI=1S/C20H17ClN2O4/c1-2-11-27-20(26)13-7-6-10-15(12-13)23-18(24)16(21)17(19(23)25)22-14-8-4-3-5-9-14/h3-10,12,22H,2,11H2,1H3. The van der Waals surface area contributed by atoms with Gasteiger partial charge in [0.15, 0.2) is 0 Å². The highest BCUT2D eigenvalue weighted by molar-refractivity contribution is 6.53. The molecule has 6 nitrogen and oxygen atoms in total. The van der Waals surface area contributed by atoms with Gasteiger partial charge in [0.1, 0.15) is 10.7 Å². The lowest BCUT2D eigenvalue weighted by atomic mass is 10.2. The van der Waals surface area contributed by atoms with Gasteiger partial charge < -0.3 is 10.1 Å². The zero-order valence-electron chi connectivity index (χ0n) is 14.6. The smallest absolute Gasteiger partial charge is 0.338 e. The second-order valence-electron chi connectivity index (χ2n) is 5.81. The minimum absolute atomic E-state index is 0.00757. The molecule has 3 rings (SSSR count). The number of amides is 2. The quantitative estimate of drug-likeness (QED) is 0.607. The third-order valence-corrected chi connectivity index (χ3v) is 4.20. The van der Waals surface area contributed by atoms with E-state index in [1.165, 1.54) is 6.07 Å². The van der Waals surface area contributed by atoms with E-state index in [-0.39, 0.29) is 22.0 Å². The Morgan fingerprint density at radius 1 is 1.07 bits per heavy atom. The number of imide groups is 1. The number of para-hydroxylation sites is 1. The molecule has 7 heteroatoms. The molecule has 1 heterocycles. The van der Waals surface area contributed by atoms with Crippen LogP contribution in [0, 0.1) is 0 Å². The number of nitrogens with one attached hydrogen (secondary N) is 1. The lowest BCUT2D eigenvalue weighted by Crippen LogP contribution is -2.32. The van der Waals surface area contributed by atoms with Crippen molar-refractivity contribution in [3.8, 4) is 0 Å². The molecule has 27 heavy (non-hydrogen) atoms. The van der Waals surface area contributed by atoms with E-state index in [1.54, 1.807) is 42.5 Å². The molecule has 0 atom stereocenters. The minimum Gasteiger partial charge on any atom is -0.462 e. The topological polar surface area (TPSA) is 75.7 Å². The summed E-state index contributed by atoms with van der Waals surface area (Å²) in [6.45, 7) is 2.18. The highest BCUT2D eigenvalue weighted by Crippen LogP contribution is 2.30. The van der Waals surface area contributed by atoms with Gasteiger partial charge in [0.2, 0.25) is 0 Å². The highest BCUT2D eigenvalue weighted by atomic mass is 35.5. The van der Waals surface area contributed by atoms with Crippen LogP contribution in [-0.4, -0.2) is 24.4 Å². The summed E-state index contributed by atoms with van der Waals surface area (Å²) in [4.78, 5) is 38.3. The van der Waals surface area contributed by atoms with E-state index in [2.05, 4.69) is 5.32 Å². The molecule has 2 aromatic rings. The molecule has 1 N–H and O–H groups in total. The van der Waals surface area contributed by atoms with Gasteiger partial charge in [-0.3, -0.25) is 9.59 Å². The van der Waals surface area contributed by atoms with Crippen molar-refractivity contribution in [1.29, 1.82) is 0 Å². The number of carbonyl (C=O) groups is 3. The highest BCUT2D eigenvalue weighted by Gasteiger charge is 2.39. The Bertz CT molecular complexity index is 925. The number of hydrogen-bond donors (Lipinski definition) is 1. The number of rotatable bonds is 6. The molecular weight excluding hydrogens is 368 g/mol. The van der Waals surface area contributed by atoms with Crippen molar-refractivity contribution < 1.29 is 19.1 Å². The number of carbonyl (C=O) groups excluding carboxylic acids is 3. The molecule has 0 bridgehead atoms. The lowest BCUT2D eigenvalue weighted by Gasteiger charge is -2.16. The van der Waals surface area contributed by atoms with Gasteiger partial charge in [-0.25, -0.2) is 9.69 Å². The van der Waals surface area contributed by atoms with Crippen LogP contribution in [0.3, 0.4) is 0 Å². The molecule has 0 aromatic heterocycles. The van der Waals surface area contributed by atoms with Gasteiger partial charge in [-0.2, -0.15) is 0 Å². The average Bonchev–Trinajstić information content (AvgIpc) is 2.90. The van der Waals surface area contributed by atoms with Crippen molar-refractivity contribution in [3.05, 3.63) is 70.9 Å². The fraction of sp³-hybridized carbons (Fsp3) is 0.150. The molecule has 0 aliphatic carbocycles. The van der Waals surface area contributed by atoms with Crippen LogP contribution in [0.4, 0.5) is 11.4 Å². The maximum Gasteiger partial charge on any atom is 0.338 e. The van der Waals surface area contributed by atoms with Crippen molar-refractivity contribution in [1.82, 2.24) is 0 Å². The Morgan fingerprint density at radius 3 is 2.52 bits per heavy atom. The van der Waals surface area contributed by atoms with Gasteiger partial charge >= 0.3 is 5.97 Å². The number of anilines is 2. The molecule has 1 aliphatic heterocycles. The van der Waals surface area contributed by atoms with Crippen LogP contribution in [-0.2, 0) is 14.3 Å². The van der Waals surface area contributed by atoms with E-state index >= 15 is 0 Å². The van der Waals surface area contributed by atoms with Crippen LogP contribution in [0.1, 0.15) is 23.7 Å². The van der Waals surface area contributed by atoms with Crippen LogP contribution < -0.4 is 10.2 Å². The summed E-state index contributed by atoms with van der Waals surface area (Å²) < 4.78 is 5.09. The predicted octanol–water partition coefficient (Wildman–Crippen LogP) is 3.69. The number of nitrogens with zero attached hydrogens (tertiary/aromatic N) is 1. The van der Waals surface area contributed by atoms with Gasteiger partial charge in [0.25, 0.3) is 11.8 Å². The van der Waals surface area contributed by atoms with E-state index in [4.69, 9.17) is 16.3 Å². The molecule has 0 saturated heterocycles. The Kier molecular flexibility index (Phi) is 5.57. The molecule has 1 aliphatic rings. The second kappa shape index (κ2) is 8.05. The first-order valence-corrected chi connectivity index (χ1v) is 8.78. The Hall–Kier alpha value is -3.12. The number of hydrogen-bond acceptors (Lipinski definition) is 5. The third-order valence-electron chi connectivity index (χ3n) is 3.85. The summed E-state index contributed by atoms with van der Waals surface area (Å²) in [5, 5.41) is 2.67. The monoisotopic (exact) mass is 384 g/mol. The summed E-state index contributed by atoms with van der Waals surface area (Å²) in [6.07, 6.45) is 0.697. The summed E-state index contributed by atoms with van der Waals surface area (Å²) in [6, 6.07) is 15.1. The molecule has 2 aromatic carbocycles. The van der Waals surface area contributed by atoms with Gasteiger partial charge in [-0.15, -0.1) is 0 Å². The van der Waals surface area contributed by atoms with Gasteiger partial charge in [-0.05, 0) is 36.8 Å². The summed E-state index contributed by atoms with van der Waals surface area (Å²) in [5.41, 5.74) is 1.12. The van der Waals surface area contributed by atoms with E-state index in [0.29, 0.717) is 18.7 Å². The number of ether oxygens (including phenoxy) is 1. The zero-order chi connectivity index (χ0) is 19.4. The zero-order valence-corrected chi connectivity index (χ0v) is 15.3. The molecule has 0 radical (unpaired) electrons. The van der Waals surface area contributed by atoms with Crippen molar-refractivity contribution in [2.24, 2.45) is 0 Å². The van der Waals surface area contributed by atoms with E-state index < -0.39 is 17.8 Å². The van der Waals surface area contributed by atoms with E-state index in [0.717, 1.165) is 4.90 Å². The molecule has 0 spiro atoms. The van der Waals surface area contributed by atoms with Gasteiger partial charge in [0, 0.05) is 5.69 Å². The fourth-order valence-electron chi connectivity index (χ4n) is 2.56. The second-order valence-corrected chi connectivity index (χ2v) is 6.19. The SMILES string of the molecule is CCCOC(=O)c1cccc(N2C(=O)C(Cl)=C(Nc3ccccc3)C2=O)c1. The van der Waals surface area contributed by atoms with Crippen molar-refractivity contribution >= 4 is 40.8 Å². The van der Waals surface area contributed by atoms with Gasteiger partial charge in [0.05, 0.1) is 17.9 Å². The maximum atomic E-state index is 12.8. The number of esters is 1. The summed E-state index contributed by atoms with van der Waals surface area (Å²) >= 11 is 6.10. The molecule has 0 fully saturated rings.